The molecule has 0 fully saturated rings. The fourth-order valence-electron chi connectivity index (χ4n) is 3.16. The Morgan fingerprint density at radius 2 is 1.70 bits per heavy atom. The quantitative estimate of drug-likeness (QED) is 0.842. The van der Waals surface area contributed by atoms with E-state index in [1.165, 1.54) is 21.3 Å². The molecular weight excluding hydrogens is 348 g/mol. The standard InChI is InChI=1S/C20H22N2O5/c1-25-16-10-14(11-17(26-2)19(16)27-3)20(24)21-12-18(23)22-9-8-13-6-4-5-7-15(13)22/h4-7,10-11H,8-9,12H2,1-3H3,(H,21,24). The molecule has 2 aromatic carbocycles. The van der Waals surface area contributed by atoms with E-state index < -0.39 is 5.91 Å². The minimum Gasteiger partial charge on any atom is -0.493 e. The van der Waals surface area contributed by atoms with Crippen molar-refractivity contribution in [3.05, 3.63) is 47.5 Å². The summed E-state index contributed by atoms with van der Waals surface area (Å²) in [5.74, 6) is 0.612. The summed E-state index contributed by atoms with van der Waals surface area (Å²) >= 11 is 0. The topological polar surface area (TPSA) is 77.1 Å². The maximum absolute atomic E-state index is 12.5. The third-order valence-electron chi connectivity index (χ3n) is 4.52. The number of ether oxygens (including phenoxy) is 3. The van der Waals surface area contributed by atoms with Crippen molar-refractivity contribution in [2.45, 2.75) is 6.42 Å². The summed E-state index contributed by atoms with van der Waals surface area (Å²) in [4.78, 5) is 26.7. The van der Waals surface area contributed by atoms with E-state index in [-0.39, 0.29) is 12.5 Å². The number of methoxy groups -OCH3 is 3. The lowest BCUT2D eigenvalue weighted by molar-refractivity contribution is -0.117. The lowest BCUT2D eigenvalue weighted by atomic mass is 10.1. The molecule has 142 valence electrons. The number of anilines is 1. The Labute approximate surface area is 157 Å². The van der Waals surface area contributed by atoms with Crippen molar-refractivity contribution in [3.63, 3.8) is 0 Å². The van der Waals surface area contributed by atoms with Gasteiger partial charge in [-0.3, -0.25) is 9.59 Å². The van der Waals surface area contributed by atoms with Crippen molar-refractivity contribution >= 4 is 17.5 Å². The van der Waals surface area contributed by atoms with Gasteiger partial charge in [-0.05, 0) is 30.2 Å². The maximum Gasteiger partial charge on any atom is 0.251 e. The molecular formula is C20H22N2O5. The van der Waals surface area contributed by atoms with Gasteiger partial charge in [0.1, 0.15) is 0 Å². The van der Waals surface area contributed by atoms with E-state index in [0.29, 0.717) is 29.4 Å². The molecule has 1 aliphatic heterocycles. The van der Waals surface area contributed by atoms with Crippen molar-refractivity contribution in [3.8, 4) is 17.2 Å². The molecule has 27 heavy (non-hydrogen) atoms. The van der Waals surface area contributed by atoms with Gasteiger partial charge in [0.15, 0.2) is 11.5 Å². The molecule has 0 radical (unpaired) electrons. The highest BCUT2D eigenvalue weighted by Gasteiger charge is 2.24. The van der Waals surface area contributed by atoms with Crippen LogP contribution in [-0.2, 0) is 11.2 Å². The number of carbonyl (C=O) groups excluding carboxylic acids is 2. The smallest absolute Gasteiger partial charge is 0.251 e. The predicted octanol–water partition coefficient (Wildman–Crippen LogP) is 2.03. The first kappa shape index (κ1) is 18.6. The van der Waals surface area contributed by atoms with Crippen molar-refractivity contribution in [2.75, 3.05) is 39.3 Å². The molecule has 2 aromatic rings. The van der Waals surface area contributed by atoms with Gasteiger partial charge in [-0.15, -0.1) is 0 Å². The monoisotopic (exact) mass is 370 g/mol. The van der Waals surface area contributed by atoms with E-state index in [9.17, 15) is 9.59 Å². The highest BCUT2D eigenvalue weighted by Crippen LogP contribution is 2.38. The zero-order chi connectivity index (χ0) is 19.4. The zero-order valence-corrected chi connectivity index (χ0v) is 15.6. The van der Waals surface area contributed by atoms with Gasteiger partial charge in [-0.2, -0.15) is 0 Å². The minimum atomic E-state index is -0.393. The molecule has 1 heterocycles. The van der Waals surface area contributed by atoms with E-state index >= 15 is 0 Å². The number of rotatable bonds is 6. The Kier molecular flexibility index (Phi) is 5.49. The molecule has 7 nitrogen and oxygen atoms in total. The largest absolute Gasteiger partial charge is 0.493 e. The Hall–Kier alpha value is -3.22. The third kappa shape index (κ3) is 3.67. The van der Waals surface area contributed by atoms with Gasteiger partial charge < -0.3 is 24.4 Å². The Morgan fingerprint density at radius 1 is 1.04 bits per heavy atom. The summed E-state index contributed by atoms with van der Waals surface area (Å²) in [6.45, 7) is 0.530. The summed E-state index contributed by atoms with van der Waals surface area (Å²) in [6.07, 6.45) is 0.822. The number of benzene rings is 2. The summed E-state index contributed by atoms with van der Waals surface area (Å²) in [5.41, 5.74) is 2.37. The number of nitrogens with zero attached hydrogens (tertiary/aromatic N) is 1. The van der Waals surface area contributed by atoms with Gasteiger partial charge in [0.05, 0.1) is 27.9 Å². The first-order valence-corrected chi connectivity index (χ1v) is 8.55. The Morgan fingerprint density at radius 3 is 2.33 bits per heavy atom. The third-order valence-corrected chi connectivity index (χ3v) is 4.52. The van der Waals surface area contributed by atoms with Gasteiger partial charge in [0.2, 0.25) is 11.7 Å². The highest BCUT2D eigenvalue weighted by atomic mass is 16.5. The summed E-state index contributed by atoms with van der Waals surface area (Å²) in [6, 6.07) is 10.9. The van der Waals surface area contributed by atoms with Crippen LogP contribution in [0.4, 0.5) is 5.69 Å². The lowest BCUT2D eigenvalue weighted by Crippen LogP contribution is -2.39. The first-order chi connectivity index (χ1) is 13.1. The number of nitrogens with one attached hydrogen (secondary N) is 1. The van der Waals surface area contributed by atoms with Crippen LogP contribution in [0.2, 0.25) is 0 Å². The van der Waals surface area contributed by atoms with Crippen LogP contribution in [0.5, 0.6) is 17.2 Å². The van der Waals surface area contributed by atoms with E-state index in [2.05, 4.69) is 5.32 Å². The zero-order valence-electron chi connectivity index (χ0n) is 15.6. The summed E-state index contributed by atoms with van der Waals surface area (Å²) in [5, 5.41) is 2.66. The Bertz CT molecular complexity index is 840. The minimum absolute atomic E-state index is 0.0934. The molecule has 1 N–H and O–H groups in total. The van der Waals surface area contributed by atoms with Crippen LogP contribution in [0.3, 0.4) is 0 Å². The van der Waals surface area contributed by atoms with E-state index in [0.717, 1.165) is 17.7 Å². The molecule has 0 atom stereocenters. The average molecular weight is 370 g/mol. The van der Waals surface area contributed by atoms with Crippen molar-refractivity contribution < 1.29 is 23.8 Å². The number of hydrogen-bond acceptors (Lipinski definition) is 5. The predicted molar refractivity (Wildman–Crippen MR) is 101 cm³/mol. The van der Waals surface area contributed by atoms with Crippen LogP contribution in [0, 0.1) is 0 Å². The van der Waals surface area contributed by atoms with Gasteiger partial charge in [-0.1, -0.05) is 18.2 Å². The van der Waals surface area contributed by atoms with Gasteiger partial charge in [0.25, 0.3) is 5.91 Å². The second-order valence-electron chi connectivity index (χ2n) is 6.02. The highest BCUT2D eigenvalue weighted by molar-refractivity contribution is 6.01. The molecule has 0 saturated carbocycles. The normalized spacial score (nSPS) is 12.3. The van der Waals surface area contributed by atoms with Gasteiger partial charge >= 0.3 is 0 Å². The molecule has 7 heteroatoms. The van der Waals surface area contributed by atoms with Crippen LogP contribution in [0.1, 0.15) is 15.9 Å². The fourth-order valence-corrected chi connectivity index (χ4v) is 3.16. The number of hydrogen-bond donors (Lipinski definition) is 1. The molecule has 0 saturated heterocycles. The SMILES string of the molecule is COc1cc(C(=O)NCC(=O)N2CCc3ccccc32)cc(OC)c1OC. The number of para-hydroxylation sites is 1. The Balaban J connectivity index is 1.70. The van der Waals surface area contributed by atoms with Crippen LogP contribution in [0.15, 0.2) is 36.4 Å². The second kappa shape index (κ2) is 7.99. The summed E-state index contributed by atoms with van der Waals surface area (Å²) in [7, 11) is 4.45. The molecule has 0 spiro atoms. The first-order valence-electron chi connectivity index (χ1n) is 8.55. The van der Waals surface area contributed by atoms with Gasteiger partial charge in [-0.25, -0.2) is 0 Å². The maximum atomic E-state index is 12.5. The molecule has 1 aliphatic rings. The molecule has 0 bridgehead atoms. The van der Waals surface area contributed by atoms with E-state index in [4.69, 9.17) is 14.2 Å². The molecule has 0 unspecified atom stereocenters. The van der Waals surface area contributed by atoms with Crippen molar-refractivity contribution in [2.24, 2.45) is 0 Å². The number of carbonyl (C=O) groups is 2. The van der Waals surface area contributed by atoms with E-state index in [1.54, 1.807) is 17.0 Å². The van der Waals surface area contributed by atoms with Crippen LogP contribution < -0.4 is 24.4 Å². The van der Waals surface area contributed by atoms with Crippen LogP contribution >= 0.6 is 0 Å². The van der Waals surface area contributed by atoms with Crippen molar-refractivity contribution in [1.82, 2.24) is 5.32 Å². The fraction of sp³-hybridized carbons (Fsp3) is 0.300. The lowest BCUT2D eigenvalue weighted by Gasteiger charge is -2.18. The van der Waals surface area contributed by atoms with Gasteiger partial charge in [0, 0.05) is 17.8 Å². The molecule has 0 aliphatic carbocycles. The van der Waals surface area contributed by atoms with Crippen LogP contribution in [0.25, 0.3) is 0 Å². The number of amides is 2. The number of fused-ring (bicyclic) bond motifs is 1. The molecule has 0 aromatic heterocycles. The second-order valence-corrected chi connectivity index (χ2v) is 6.02. The van der Waals surface area contributed by atoms with Crippen molar-refractivity contribution in [1.29, 1.82) is 0 Å². The van der Waals surface area contributed by atoms with E-state index in [1.807, 2.05) is 24.3 Å². The van der Waals surface area contributed by atoms with Crippen LogP contribution in [-0.4, -0.2) is 46.2 Å². The summed E-state index contributed by atoms with van der Waals surface area (Å²) < 4.78 is 15.8. The average Bonchev–Trinajstić information content (AvgIpc) is 3.14. The molecule has 2 amide bonds. The molecule has 3 rings (SSSR count).